The molecule has 102 valence electrons. The maximum Gasteiger partial charge on any atom is 0.213 e. The molecular formula is C18H22NSi+. The van der Waals surface area contributed by atoms with E-state index in [1.165, 1.54) is 35.9 Å². The van der Waals surface area contributed by atoms with Gasteiger partial charge in [-0.15, -0.1) is 0 Å². The number of allylic oxidation sites excluding steroid dienone is 2. The van der Waals surface area contributed by atoms with E-state index in [1.54, 1.807) is 16.3 Å². The Morgan fingerprint density at radius 2 is 1.85 bits per heavy atom. The summed E-state index contributed by atoms with van der Waals surface area (Å²) in [6, 6.07) is 11.5. The summed E-state index contributed by atoms with van der Waals surface area (Å²) in [5.41, 5.74) is 6.32. The summed E-state index contributed by atoms with van der Waals surface area (Å²) in [5.74, 6) is 0. The van der Waals surface area contributed by atoms with E-state index in [0.29, 0.717) is 0 Å². The zero-order chi connectivity index (χ0) is 13.9. The molecule has 20 heavy (non-hydrogen) atoms. The number of fused-ring (bicyclic) bond motifs is 4. The number of hydrogen-bond donors (Lipinski definition) is 0. The quantitative estimate of drug-likeness (QED) is 0.555. The first kappa shape index (κ1) is 12.3. The minimum absolute atomic E-state index is 1.14. The third-order valence-electron chi connectivity index (χ3n) is 4.86. The van der Waals surface area contributed by atoms with Gasteiger partial charge in [0.1, 0.15) is 0 Å². The molecule has 0 atom stereocenters. The van der Waals surface area contributed by atoms with Gasteiger partial charge < -0.3 is 0 Å². The Bertz CT molecular complexity index is 750. The van der Waals surface area contributed by atoms with E-state index in [1.807, 2.05) is 0 Å². The molecule has 2 heteroatoms. The normalized spacial score (nSPS) is 17.8. The number of rotatable bonds is 1. The zero-order valence-electron chi connectivity index (χ0n) is 12.7. The Morgan fingerprint density at radius 3 is 2.65 bits per heavy atom. The summed E-state index contributed by atoms with van der Waals surface area (Å²) in [5, 5.41) is 3.11. The van der Waals surface area contributed by atoms with Crippen molar-refractivity contribution in [2.45, 2.75) is 45.4 Å². The van der Waals surface area contributed by atoms with Gasteiger partial charge in [-0.3, -0.25) is 0 Å². The van der Waals surface area contributed by atoms with Crippen LogP contribution in [0.2, 0.25) is 19.6 Å². The molecule has 1 nitrogen and oxygen atoms in total. The Morgan fingerprint density at radius 1 is 1.05 bits per heavy atom. The van der Waals surface area contributed by atoms with Crippen molar-refractivity contribution in [2.24, 2.45) is 0 Å². The summed E-state index contributed by atoms with van der Waals surface area (Å²) in [7, 11) is -1.32. The Kier molecular flexibility index (Phi) is 2.49. The van der Waals surface area contributed by atoms with Crippen molar-refractivity contribution in [2.75, 3.05) is 0 Å². The van der Waals surface area contributed by atoms with Crippen molar-refractivity contribution in [3.05, 3.63) is 41.6 Å². The van der Waals surface area contributed by atoms with Crippen molar-refractivity contribution in [1.29, 1.82) is 0 Å². The van der Waals surface area contributed by atoms with E-state index >= 15 is 0 Å². The molecule has 1 aliphatic carbocycles. The number of benzene rings is 1. The average Bonchev–Trinajstić information content (AvgIpc) is 2.97. The SMILES string of the molecule is C[Si](C)(C)c1cc2[n+](c3ccccc13)CC1=C2CCC1. The molecule has 0 N–H and O–H groups in total. The van der Waals surface area contributed by atoms with Gasteiger partial charge in [0, 0.05) is 28.7 Å². The van der Waals surface area contributed by atoms with E-state index in [0.717, 1.165) is 6.54 Å². The molecule has 0 radical (unpaired) electrons. The van der Waals surface area contributed by atoms with Crippen LogP contribution in [0, 0.1) is 0 Å². The second-order valence-corrected chi connectivity index (χ2v) is 12.3. The summed E-state index contributed by atoms with van der Waals surface area (Å²) < 4.78 is 2.56. The molecule has 0 amide bonds. The van der Waals surface area contributed by atoms with Crippen LogP contribution in [-0.2, 0) is 6.54 Å². The highest BCUT2D eigenvalue weighted by Crippen LogP contribution is 2.37. The smallest absolute Gasteiger partial charge is 0.188 e. The Hall–Kier alpha value is -1.41. The van der Waals surface area contributed by atoms with Crippen LogP contribution < -0.4 is 9.75 Å². The molecule has 1 aromatic carbocycles. The van der Waals surface area contributed by atoms with E-state index in [9.17, 15) is 0 Å². The molecule has 0 bridgehead atoms. The van der Waals surface area contributed by atoms with Crippen molar-refractivity contribution < 1.29 is 4.57 Å². The fourth-order valence-electron chi connectivity index (χ4n) is 3.88. The number of pyridine rings is 1. The van der Waals surface area contributed by atoms with Crippen LogP contribution in [0.15, 0.2) is 35.9 Å². The fraction of sp³-hybridized carbons (Fsp3) is 0.389. The predicted octanol–water partition coefficient (Wildman–Crippen LogP) is 3.62. The van der Waals surface area contributed by atoms with Crippen LogP contribution in [0.1, 0.15) is 25.0 Å². The Balaban J connectivity index is 2.07. The molecule has 1 aromatic heterocycles. The first-order valence-electron chi connectivity index (χ1n) is 7.73. The first-order valence-corrected chi connectivity index (χ1v) is 11.2. The fourth-order valence-corrected chi connectivity index (χ4v) is 5.47. The van der Waals surface area contributed by atoms with Gasteiger partial charge in [0.05, 0.1) is 8.07 Å². The van der Waals surface area contributed by atoms with Gasteiger partial charge in [0.25, 0.3) is 0 Å². The second-order valence-electron chi connectivity index (χ2n) is 7.23. The van der Waals surface area contributed by atoms with Crippen molar-refractivity contribution in [1.82, 2.24) is 0 Å². The largest absolute Gasteiger partial charge is 0.213 e. The van der Waals surface area contributed by atoms with Crippen LogP contribution in [0.25, 0.3) is 16.5 Å². The maximum absolute atomic E-state index is 2.56. The molecule has 0 spiro atoms. The number of para-hydroxylation sites is 1. The lowest BCUT2D eigenvalue weighted by Crippen LogP contribution is -2.44. The molecule has 1 aliphatic heterocycles. The van der Waals surface area contributed by atoms with Gasteiger partial charge in [-0.05, 0) is 30.5 Å². The highest BCUT2D eigenvalue weighted by molar-refractivity contribution is 6.90. The standard InChI is InChI=1S/C18H22NSi/c1-20(2,3)18-11-17-14-9-6-7-13(14)12-19(17)16-10-5-4-8-15(16)18/h4-5,8,10-11H,6-7,9,12H2,1-3H3/q+1. The molecular weight excluding hydrogens is 258 g/mol. The van der Waals surface area contributed by atoms with Crippen molar-refractivity contribution in [3.8, 4) is 0 Å². The van der Waals surface area contributed by atoms with Crippen LogP contribution >= 0.6 is 0 Å². The highest BCUT2D eigenvalue weighted by Gasteiger charge is 2.35. The van der Waals surface area contributed by atoms with Gasteiger partial charge in [-0.2, -0.15) is 4.57 Å². The second kappa shape index (κ2) is 4.04. The van der Waals surface area contributed by atoms with E-state index in [-0.39, 0.29) is 0 Å². The molecule has 2 aliphatic rings. The van der Waals surface area contributed by atoms with Crippen molar-refractivity contribution in [3.63, 3.8) is 0 Å². The van der Waals surface area contributed by atoms with Crippen LogP contribution in [0.3, 0.4) is 0 Å². The van der Waals surface area contributed by atoms with Crippen LogP contribution in [0.4, 0.5) is 0 Å². The topological polar surface area (TPSA) is 3.88 Å². The van der Waals surface area contributed by atoms with Gasteiger partial charge >= 0.3 is 0 Å². The minimum Gasteiger partial charge on any atom is -0.188 e. The highest BCUT2D eigenvalue weighted by atomic mass is 28.3. The summed E-state index contributed by atoms with van der Waals surface area (Å²) in [6.07, 6.45) is 3.96. The lowest BCUT2D eigenvalue weighted by atomic mass is 10.1. The average molecular weight is 280 g/mol. The first-order chi connectivity index (χ1) is 9.55. The summed E-state index contributed by atoms with van der Waals surface area (Å²) in [6.45, 7) is 8.53. The van der Waals surface area contributed by atoms with Gasteiger partial charge in [0.15, 0.2) is 6.54 Å². The predicted molar refractivity (Wildman–Crippen MR) is 87.9 cm³/mol. The number of nitrogens with zero attached hydrogens (tertiary/aromatic N) is 1. The third-order valence-corrected chi connectivity index (χ3v) is 6.88. The summed E-state index contributed by atoms with van der Waals surface area (Å²) >= 11 is 0. The molecule has 0 saturated carbocycles. The lowest BCUT2D eigenvalue weighted by Gasteiger charge is -2.19. The molecule has 0 unspecified atom stereocenters. The molecule has 0 fully saturated rings. The van der Waals surface area contributed by atoms with Gasteiger partial charge in [-0.25, -0.2) is 0 Å². The molecule has 2 aromatic rings. The van der Waals surface area contributed by atoms with Gasteiger partial charge in [0.2, 0.25) is 11.2 Å². The number of aromatic nitrogens is 1. The van der Waals surface area contributed by atoms with E-state index in [4.69, 9.17) is 0 Å². The summed E-state index contributed by atoms with van der Waals surface area (Å²) in [4.78, 5) is 0. The monoisotopic (exact) mass is 280 g/mol. The van der Waals surface area contributed by atoms with Crippen LogP contribution in [0.5, 0.6) is 0 Å². The van der Waals surface area contributed by atoms with Crippen molar-refractivity contribution >= 4 is 29.7 Å². The maximum atomic E-state index is 2.56. The minimum atomic E-state index is -1.32. The third kappa shape index (κ3) is 1.64. The molecule has 0 saturated heterocycles. The molecule has 4 rings (SSSR count). The van der Waals surface area contributed by atoms with Crippen LogP contribution in [-0.4, -0.2) is 8.07 Å². The lowest BCUT2D eigenvalue weighted by molar-refractivity contribution is -0.660. The Labute approximate surface area is 122 Å². The zero-order valence-corrected chi connectivity index (χ0v) is 13.7. The number of hydrogen-bond acceptors (Lipinski definition) is 0. The molecule has 2 heterocycles. The van der Waals surface area contributed by atoms with E-state index < -0.39 is 8.07 Å². The van der Waals surface area contributed by atoms with E-state index in [2.05, 4.69) is 54.5 Å². The van der Waals surface area contributed by atoms with Gasteiger partial charge in [-0.1, -0.05) is 31.8 Å².